The molecule has 1 spiro atoms. The first-order valence-corrected chi connectivity index (χ1v) is 7.81. The van der Waals surface area contributed by atoms with Gasteiger partial charge in [-0.2, -0.15) is 5.26 Å². The van der Waals surface area contributed by atoms with Crippen LogP contribution >= 0.6 is 0 Å². The lowest BCUT2D eigenvalue weighted by atomic mass is 9.84. The third kappa shape index (κ3) is 2.40. The summed E-state index contributed by atoms with van der Waals surface area (Å²) in [6.45, 7) is 5.74. The fourth-order valence-electron chi connectivity index (χ4n) is 3.08. The number of nitrogens with zero attached hydrogens (tertiary/aromatic N) is 1. The summed E-state index contributed by atoms with van der Waals surface area (Å²) in [4.78, 5) is 25.5. The number of benzene rings is 1. The number of rotatable bonds is 2. The van der Waals surface area contributed by atoms with Crippen molar-refractivity contribution in [3.8, 4) is 11.8 Å². The zero-order chi connectivity index (χ0) is 18.4. The van der Waals surface area contributed by atoms with Gasteiger partial charge in [-0.05, 0) is 39.0 Å². The predicted molar refractivity (Wildman–Crippen MR) is 89.8 cm³/mol. The number of nitrogens with one attached hydrogen (secondary N) is 1. The van der Waals surface area contributed by atoms with Crippen LogP contribution in [0.25, 0.3) is 0 Å². The molecule has 0 saturated carbocycles. The Morgan fingerprint density at radius 2 is 2.00 bits per heavy atom. The number of nitriles is 1. The van der Waals surface area contributed by atoms with Crippen LogP contribution in [0.2, 0.25) is 0 Å². The molecule has 2 aliphatic rings. The quantitative estimate of drug-likeness (QED) is 0.832. The molecule has 1 aromatic carbocycles. The first-order valence-electron chi connectivity index (χ1n) is 7.81. The standard InChI is InChI=1S/C19H18N2O4/c1-18(2,3)21-14-9-12(17(23)24-4)19(13(14)10-20)16(22)11-7-5-6-8-15(11)25-19/h5-9,21H,1-4H3. The molecular weight excluding hydrogens is 320 g/mol. The summed E-state index contributed by atoms with van der Waals surface area (Å²) < 4.78 is 10.7. The number of methoxy groups -OCH3 is 1. The van der Waals surface area contributed by atoms with Gasteiger partial charge >= 0.3 is 5.97 Å². The van der Waals surface area contributed by atoms with Gasteiger partial charge in [-0.25, -0.2) is 4.79 Å². The lowest BCUT2D eigenvalue weighted by molar-refractivity contribution is -0.137. The van der Waals surface area contributed by atoms with E-state index >= 15 is 0 Å². The van der Waals surface area contributed by atoms with Crippen molar-refractivity contribution in [3.05, 3.63) is 52.7 Å². The zero-order valence-electron chi connectivity index (χ0n) is 14.5. The van der Waals surface area contributed by atoms with Crippen LogP contribution in [0.1, 0.15) is 31.1 Å². The third-order valence-corrected chi connectivity index (χ3v) is 4.03. The Morgan fingerprint density at radius 1 is 1.32 bits per heavy atom. The highest BCUT2D eigenvalue weighted by atomic mass is 16.5. The molecule has 1 aromatic rings. The molecule has 0 amide bonds. The fourth-order valence-corrected chi connectivity index (χ4v) is 3.08. The molecule has 1 unspecified atom stereocenters. The van der Waals surface area contributed by atoms with Crippen molar-refractivity contribution in [1.82, 2.24) is 5.32 Å². The molecule has 0 bridgehead atoms. The van der Waals surface area contributed by atoms with Crippen LogP contribution in [0.4, 0.5) is 0 Å². The van der Waals surface area contributed by atoms with Crippen molar-refractivity contribution in [2.24, 2.45) is 0 Å². The van der Waals surface area contributed by atoms with E-state index in [2.05, 4.69) is 11.4 Å². The van der Waals surface area contributed by atoms with Crippen LogP contribution in [0.5, 0.6) is 5.75 Å². The Hall–Kier alpha value is -3.07. The maximum absolute atomic E-state index is 13.1. The van der Waals surface area contributed by atoms with Gasteiger partial charge in [0.2, 0.25) is 11.4 Å². The molecule has 1 atom stereocenters. The monoisotopic (exact) mass is 338 g/mol. The van der Waals surface area contributed by atoms with Gasteiger partial charge in [0, 0.05) is 5.54 Å². The van der Waals surface area contributed by atoms with Crippen molar-refractivity contribution >= 4 is 11.8 Å². The van der Waals surface area contributed by atoms with E-state index in [0.29, 0.717) is 17.0 Å². The molecule has 0 saturated heterocycles. The van der Waals surface area contributed by atoms with Gasteiger partial charge in [-0.15, -0.1) is 0 Å². The molecule has 0 radical (unpaired) electrons. The van der Waals surface area contributed by atoms with Gasteiger partial charge in [-0.3, -0.25) is 4.79 Å². The van der Waals surface area contributed by atoms with Crippen LogP contribution in [0.15, 0.2) is 47.2 Å². The highest BCUT2D eigenvalue weighted by Gasteiger charge is 2.60. The van der Waals surface area contributed by atoms with E-state index in [0.717, 1.165) is 0 Å². The smallest absolute Gasteiger partial charge is 0.338 e. The summed E-state index contributed by atoms with van der Waals surface area (Å²) in [5.74, 6) is -0.811. The van der Waals surface area contributed by atoms with Crippen molar-refractivity contribution in [1.29, 1.82) is 5.26 Å². The van der Waals surface area contributed by atoms with Gasteiger partial charge in [-0.1, -0.05) is 12.1 Å². The maximum atomic E-state index is 13.1. The summed E-state index contributed by atoms with van der Waals surface area (Å²) in [6.07, 6.45) is 1.47. The molecule has 0 fully saturated rings. The summed E-state index contributed by atoms with van der Waals surface area (Å²) in [7, 11) is 1.23. The molecular formula is C19H18N2O4. The van der Waals surface area contributed by atoms with E-state index in [4.69, 9.17) is 9.47 Å². The van der Waals surface area contributed by atoms with Crippen LogP contribution in [0.3, 0.4) is 0 Å². The van der Waals surface area contributed by atoms with E-state index in [9.17, 15) is 14.9 Å². The molecule has 6 heteroatoms. The highest BCUT2D eigenvalue weighted by molar-refractivity contribution is 6.18. The number of ether oxygens (including phenoxy) is 2. The van der Waals surface area contributed by atoms with Crippen LogP contribution in [-0.4, -0.2) is 30.0 Å². The van der Waals surface area contributed by atoms with E-state index < -0.39 is 17.4 Å². The average Bonchev–Trinajstić information content (AvgIpc) is 3.01. The minimum absolute atomic E-state index is 0.000463. The molecule has 1 aliphatic carbocycles. The molecule has 3 rings (SSSR count). The average molecular weight is 338 g/mol. The number of allylic oxidation sites excluding steroid dienone is 1. The Labute approximate surface area is 145 Å². The van der Waals surface area contributed by atoms with Gasteiger partial charge in [0.1, 0.15) is 17.4 Å². The minimum atomic E-state index is -1.79. The second-order valence-corrected chi connectivity index (χ2v) is 6.93. The molecule has 6 nitrogen and oxygen atoms in total. The summed E-state index contributed by atoms with van der Waals surface area (Å²) in [5.41, 5.74) is -1.39. The van der Waals surface area contributed by atoms with Crippen LogP contribution in [-0.2, 0) is 9.53 Å². The number of carbonyl (C=O) groups excluding carboxylic acids is 2. The van der Waals surface area contributed by atoms with E-state index in [1.54, 1.807) is 24.3 Å². The molecule has 25 heavy (non-hydrogen) atoms. The number of para-hydroxylation sites is 1. The molecule has 0 aromatic heterocycles. The maximum Gasteiger partial charge on any atom is 0.338 e. The van der Waals surface area contributed by atoms with E-state index in [1.807, 2.05) is 20.8 Å². The zero-order valence-corrected chi connectivity index (χ0v) is 14.5. The van der Waals surface area contributed by atoms with E-state index in [1.165, 1.54) is 13.2 Å². The van der Waals surface area contributed by atoms with Crippen LogP contribution in [0, 0.1) is 11.3 Å². The third-order valence-electron chi connectivity index (χ3n) is 4.03. The van der Waals surface area contributed by atoms with Crippen molar-refractivity contribution in [3.63, 3.8) is 0 Å². The normalized spacial score (nSPS) is 21.6. The highest BCUT2D eigenvalue weighted by Crippen LogP contribution is 2.47. The molecule has 128 valence electrons. The van der Waals surface area contributed by atoms with Crippen molar-refractivity contribution < 1.29 is 19.1 Å². The number of Topliss-reactive ketones (excluding diaryl/α,β-unsaturated/α-hetero) is 1. The second kappa shape index (κ2) is 5.49. The first-order chi connectivity index (χ1) is 11.7. The predicted octanol–water partition coefficient (Wildman–Crippen LogP) is 2.28. The lowest BCUT2D eigenvalue weighted by Crippen LogP contribution is -2.45. The molecule has 1 N–H and O–H groups in total. The number of ketones is 1. The Kier molecular flexibility index (Phi) is 3.68. The van der Waals surface area contributed by atoms with E-state index in [-0.39, 0.29) is 16.7 Å². The SMILES string of the molecule is COC(=O)C1=CC(NC(C)(C)C)=C(C#N)C12Oc1ccccc1C2=O. The summed E-state index contributed by atoms with van der Waals surface area (Å²) in [6, 6.07) is 8.75. The number of carbonyl (C=O) groups is 2. The number of esters is 1. The van der Waals surface area contributed by atoms with Gasteiger partial charge in [0.05, 0.1) is 23.9 Å². The fraction of sp³-hybridized carbons (Fsp3) is 0.316. The molecule has 1 heterocycles. The Morgan fingerprint density at radius 3 is 2.56 bits per heavy atom. The summed E-state index contributed by atoms with van der Waals surface area (Å²) in [5, 5.41) is 12.9. The van der Waals surface area contributed by atoms with Gasteiger partial charge < -0.3 is 14.8 Å². The Balaban J connectivity index is 2.23. The number of fused-ring (bicyclic) bond motifs is 1. The second-order valence-electron chi connectivity index (χ2n) is 6.93. The Bertz CT molecular complexity index is 883. The number of hydrogen-bond donors (Lipinski definition) is 1. The topological polar surface area (TPSA) is 88.4 Å². The van der Waals surface area contributed by atoms with Gasteiger partial charge in [0.25, 0.3) is 0 Å². The van der Waals surface area contributed by atoms with Crippen molar-refractivity contribution in [2.75, 3.05) is 7.11 Å². The van der Waals surface area contributed by atoms with Crippen molar-refractivity contribution in [2.45, 2.75) is 31.9 Å². The van der Waals surface area contributed by atoms with Crippen LogP contribution < -0.4 is 10.1 Å². The lowest BCUT2D eigenvalue weighted by Gasteiger charge is -2.26. The first kappa shape index (κ1) is 16.8. The number of hydrogen-bond acceptors (Lipinski definition) is 6. The minimum Gasteiger partial charge on any atom is -0.468 e. The largest absolute Gasteiger partial charge is 0.468 e. The van der Waals surface area contributed by atoms with Gasteiger partial charge in [0.15, 0.2) is 0 Å². The molecule has 1 aliphatic heterocycles. The summed E-state index contributed by atoms with van der Waals surface area (Å²) >= 11 is 0.